The number of alkyl halides is 3. The van der Waals surface area contributed by atoms with Gasteiger partial charge in [-0.2, -0.15) is 13.2 Å². The van der Waals surface area contributed by atoms with Crippen LogP contribution < -0.4 is 15.0 Å². The van der Waals surface area contributed by atoms with Gasteiger partial charge in [0, 0.05) is 6.54 Å². The third-order valence-corrected chi connectivity index (χ3v) is 6.22. The van der Waals surface area contributed by atoms with Crippen LogP contribution in [0.5, 0.6) is 11.5 Å². The molecule has 0 saturated heterocycles. The van der Waals surface area contributed by atoms with Crippen LogP contribution in [0.4, 0.5) is 24.5 Å². The molecule has 9 heteroatoms. The van der Waals surface area contributed by atoms with Gasteiger partial charge in [0.15, 0.2) is 5.75 Å². The van der Waals surface area contributed by atoms with Gasteiger partial charge in [-0.3, -0.25) is 4.79 Å². The Bertz CT molecular complexity index is 1100. The van der Waals surface area contributed by atoms with Gasteiger partial charge in [-0.05, 0) is 64.6 Å². The number of nitrogens with zero attached hydrogens (tertiary/aromatic N) is 1. The molecule has 1 unspecified atom stereocenters. The standard InChI is InChI=1S/C21H16BrF3N2O2S/c1-12-11-26-15-4-2-3-5-16(15)27(12)20(28)19-18(8-9-30-19)29-17-7-6-13(10-14(17)22)21(23,24)25/h2-10,12,26H,11H2,1H3. The van der Waals surface area contributed by atoms with Gasteiger partial charge in [-0.25, -0.2) is 0 Å². The van der Waals surface area contributed by atoms with Crippen molar-refractivity contribution in [3.8, 4) is 11.5 Å². The summed E-state index contributed by atoms with van der Waals surface area (Å²) in [7, 11) is 0. The number of anilines is 2. The molecular formula is C21H16BrF3N2O2S. The quantitative estimate of drug-likeness (QED) is 0.434. The van der Waals surface area contributed by atoms with Gasteiger partial charge in [0.2, 0.25) is 0 Å². The van der Waals surface area contributed by atoms with E-state index < -0.39 is 11.7 Å². The second kappa shape index (κ2) is 7.96. The first kappa shape index (κ1) is 20.7. The van der Waals surface area contributed by atoms with E-state index >= 15 is 0 Å². The summed E-state index contributed by atoms with van der Waals surface area (Å²) in [5.74, 6) is 0.280. The van der Waals surface area contributed by atoms with Crippen LogP contribution in [0.25, 0.3) is 0 Å². The lowest BCUT2D eigenvalue weighted by Crippen LogP contribution is -2.45. The molecule has 156 valence electrons. The maximum absolute atomic E-state index is 13.4. The number of hydrogen-bond donors (Lipinski definition) is 1. The molecule has 1 aliphatic rings. The van der Waals surface area contributed by atoms with E-state index in [1.807, 2.05) is 31.2 Å². The van der Waals surface area contributed by atoms with E-state index in [0.717, 1.165) is 23.5 Å². The van der Waals surface area contributed by atoms with Crippen LogP contribution in [0.15, 0.2) is 58.4 Å². The molecule has 0 radical (unpaired) electrons. The highest BCUT2D eigenvalue weighted by atomic mass is 79.9. The minimum absolute atomic E-state index is 0.0832. The topological polar surface area (TPSA) is 41.6 Å². The molecule has 0 bridgehead atoms. The third kappa shape index (κ3) is 3.91. The Hall–Kier alpha value is -2.52. The van der Waals surface area contributed by atoms with Crippen LogP contribution in [0.2, 0.25) is 0 Å². The highest BCUT2D eigenvalue weighted by molar-refractivity contribution is 9.10. The van der Waals surface area contributed by atoms with Crippen molar-refractivity contribution in [2.75, 3.05) is 16.8 Å². The average molecular weight is 497 g/mol. The van der Waals surface area contributed by atoms with E-state index in [0.29, 0.717) is 17.2 Å². The molecule has 0 aliphatic carbocycles. The third-order valence-electron chi connectivity index (χ3n) is 4.71. The molecule has 30 heavy (non-hydrogen) atoms. The summed E-state index contributed by atoms with van der Waals surface area (Å²) in [6.07, 6.45) is -4.45. The largest absolute Gasteiger partial charge is 0.454 e. The number of fused-ring (bicyclic) bond motifs is 1. The lowest BCUT2D eigenvalue weighted by Gasteiger charge is -2.35. The number of benzene rings is 2. The molecule has 1 aromatic heterocycles. The van der Waals surface area contributed by atoms with Gasteiger partial charge < -0.3 is 15.0 Å². The van der Waals surface area contributed by atoms with Crippen molar-refractivity contribution in [1.29, 1.82) is 0 Å². The second-order valence-corrected chi connectivity index (χ2v) is 8.55. The van der Waals surface area contributed by atoms with E-state index in [4.69, 9.17) is 4.74 Å². The average Bonchev–Trinajstić information content (AvgIpc) is 3.16. The Morgan fingerprint density at radius 1 is 1.20 bits per heavy atom. The highest BCUT2D eigenvalue weighted by Crippen LogP contribution is 2.40. The van der Waals surface area contributed by atoms with E-state index in [1.165, 1.54) is 17.4 Å². The van der Waals surface area contributed by atoms with Crippen LogP contribution in [0.3, 0.4) is 0 Å². The van der Waals surface area contributed by atoms with Crippen molar-refractivity contribution in [1.82, 2.24) is 0 Å². The van der Waals surface area contributed by atoms with E-state index in [-0.39, 0.29) is 22.2 Å². The number of ether oxygens (including phenoxy) is 1. The summed E-state index contributed by atoms with van der Waals surface area (Å²) >= 11 is 4.36. The van der Waals surface area contributed by atoms with Crippen LogP contribution in [-0.2, 0) is 6.18 Å². The number of carbonyl (C=O) groups excluding carboxylic acids is 1. The lowest BCUT2D eigenvalue weighted by atomic mass is 10.1. The van der Waals surface area contributed by atoms with Crippen molar-refractivity contribution < 1.29 is 22.7 Å². The van der Waals surface area contributed by atoms with Gasteiger partial charge in [0.25, 0.3) is 5.91 Å². The first-order valence-corrected chi connectivity index (χ1v) is 10.7. The fourth-order valence-corrected chi connectivity index (χ4v) is 4.46. The molecule has 0 spiro atoms. The zero-order valence-electron chi connectivity index (χ0n) is 15.7. The minimum atomic E-state index is -4.45. The number of amides is 1. The predicted octanol–water partition coefficient (Wildman–Crippen LogP) is 6.78. The minimum Gasteiger partial charge on any atom is -0.454 e. The lowest BCUT2D eigenvalue weighted by molar-refractivity contribution is -0.137. The zero-order chi connectivity index (χ0) is 21.5. The molecule has 1 N–H and O–H groups in total. The molecule has 2 heterocycles. The summed E-state index contributed by atoms with van der Waals surface area (Å²) in [5, 5.41) is 5.02. The van der Waals surface area contributed by atoms with Crippen molar-refractivity contribution >= 4 is 44.5 Å². The van der Waals surface area contributed by atoms with Crippen molar-refractivity contribution in [2.24, 2.45) is 0 Å². The molecule has 0 saturated carbocycles. The normalized spacial score (nSPS) is 16.0. The van der Waals surface area contributed by atoms with E-state index in [1.54, 1.807) is 16.3 Å². The molecule has 3 aromatic rings. The number of nitrogens with one attached hydrogen (secondary N) is 1. The molecule has 2 aromatic carbocycles. The van der Waals surface area contributed by atoms with E-state index in [9.17, 15) is 18.0 Å². The summed E-state index contributed by atoms with van der Waals surface area (Å²) < 4.78 is 44.7. The number of halogens is 4. The van der Waals surface area contributed by atoms with Gasteiger partial charge in [-0.1, -0.05) is 12.1 Å². The number of thiophene rings is 1. The number of carbonyl (C=O) groups is 1. The SMILES string of the molecule is CC1CNc2ccccc2N1C(=O)c1sccc1Oc1ccc(C(F)(F)F)cc1Br. The molecular weight excluding hydrogens is 481 g/mol. The first-order chi connectivity index (χ1) is 14.3. The molecule has 4 rings (SSSR count). The maximum Gasteiger partial charge on any atom is 0.416 e. The van der Waals surface area contributed by atoms with Crippen molar-refractivity contribution in [3.63, 3.8) is 0 Å². The van der Waals surface area contributed by atoms with Gasteiger partial charge in [-0.15, -0.1) is 11.3 Å². The fourth-order valence-electron chi connectivity index (χ4n) is 3.25. The Balaban J connectivity index is 1.64. The highest BCUT2D eigenvalue weighted by Gasteiger charge is 2.33. The van der Waals surface area contributed by atoms with Gasteiger partial charge in [0.1, 0.15) is 10.6 Å². The fraction of sp³-hybridized carbons (Fsp3) is 0.190. The van der Waals surface area contributed by atoms with Crippen LogP contribution in [0, 0.1) is 0 Å². The number of hydrogen-bond acceptors (Lipinski definition) is 4. The second-order valence-electron chi connectivity index (χ2n) is 6.78. The Morgan fingerprint density at radius 2 is 1.97 bits per heavy atom. The Morgan fingerprint density at radius 3 is 2.70 bits per heavy atom. The maximum atomic E-state index is 13.4. The summed E-state index contributed by atoms with van der Waals surface area (Å²) in [4.78, 5) is 15.5. The van der Waals surface area contributed by atoms with Gasteiger partial charge in [0.05, 0.1) is 27.5 Å². The number of rotatable bonds is 3. The van der Waals surface area contributed by atoms with Crippen LogP contribution in [-0.4, -0.2) is 18.5 Å². The molecule has 1 atom stereocenters. The molecule has 1 aliphatic heterocycles. The monoisotopic (exact) mass is 496 g/mol. The van der Waals surface area contributed by atoms with Crippen molar-refractivity contribution in [3.05, 3.63) is 68.8 Å². The number of para-hydroxylation sites is 2. The summed E-state index contributed by atoms with van der Waals surface area (Å²) in [5.41, 5.74) is 0.861. The van der Waals surface area contributed by atoms with E-state index in [2.05, 4.69) is 21.2 Å². The summed E-state index contributed by atoms with van der Waals surface area (Å²) in [6.45, 7) is 2.55. The summed E-state index contributed by atoms with van der Waals surface area (Å²) in [6, 6.07) is 12.2. The Labute approximate surface area is 183 Å². The van der Waals surface area contributed by atoms with Gasteiger partial charge >= 0.3 is 6.18 Å². The first-order valence-electron chi connectivity index (χ1n) is 9.04. The smallest absolute Gasteiger partial charge is 0.416 e. The molecule has 1 amide bonds. The van der Waals surface area contributed by atoms with Crippen LogP contribution >= 0.6 is 27.3 Å². The Kier molecular flexibility index (Phi) is 5.50. The molecule has 4 nitrogen and oxygen atoms in total. The predicted molar refractivity (Wildman–Crippen MR) is 115 cm³/mol. The zero-order valence-corrected chi connectivity index (χ0v) is 18.1. The van der Waals surface area contributed by atoms with Crippen molar-refractivity contribution in [2.45, 2.75) is 19.1 Å². The van der Waals surface area contributed by atoms with Crippen LogP contribution in [0.1, 0.15) is 22.2 Å². The molecule has 0 fully saturated rings.